The normalized spacial score (nSPS) is 39.2. The van der Waals surface area contributed by atoms with E-state index in [1.54, 1.807) is 0 Å². The Bertz CT molecular complexity index is 245. The molecule has 1 heteroatoms. The van der Waals surface area contributed by atoms with Gasteiger partial charge in [0.15, 0.2) is 0 Å². The highest BCUT2D eigenvalue weighted by Crippen LogP contribution is 2.32. The van der Waals surface area contributed by atoms with Crippen molar-refractivity contribution in [1.29, 1.82) is 0 Å². The standard InChI is InChI=1S/C10H11N/c1-10-6-3-2-5-9(10)11-8-4-7-10/h2-9H,1H3/t9?,10-/m0/s1. The summed E-state index contributed by atoms with van der Waals surface area (Å²) in [5, 5.41) is 0. The van der Waals surface area contributed by atoms with Gasteiger partial charge in [-0.2, -0.15) is 0 Å². The van der Waals surface area contributed by atoms with Crippen molar-refractivity contribution in [2.24, 2.45) is 10.4 Å². The van der Waals surface area contributed by atoms with E-state index in [0.29, 0.717) is 6.04 Å². The van der Waals surface area contributed by atoms with Gasteiger partial charge < -0.3 is 0 Å². The zero-order valence-corrected chi connectivity index (χ0v) is 6.57. The third-order valence-electron chi connectivity index (χ3n) is 2.29. The van der Waals surface area contributed by atoms with Crippen LogP contribution in [0.3, 0.4) is 0 Å². The highest BCUT2D eigenvalue weighted by atomic mass is 14.8. The molecule has 0 saturated carbocycles. The summed E-state index contributed by atoms with van der Waals surface area (Å²) in [5.74, 6) is 0. The van der Waals surface area contributed by atoms with Crippen molar-refractivity contribution in [3.05, 3.63) is 36.5 Å². The van der Waals surface area contributed by atoms with Gasteiger partial charge in [0.2, 0.25) is 0 Å². The summed E-state index contributed by atoms with van der Waals surface area (Å²) in [6.07, 6.45) is 14.6. The van der Waals surface area contributed by atoms with E-state index < -0.39 is 0 Å². The molecule has 2 rings (SSSR count). The third-order valence-corrected chi connectivity index (χ3v) is 2.29. The monoisotopic (exact) mass is 145 g/mol. The number of nitrogens with zero attached hydrogens (tertiary/aromatic N) is 1. The first-order chi connectivity index (χ1) is 5.31. The number of dihydropyridines is 1. The maximum atomic E-state index is 4.37. The van der Waals surface area contributed by atoms with Crippen molar-refractivity contribution in [2.75, 3.05) is 0 Å². The molecule has 0 aromatic rings. The van der Waals surface area contributed by atoms with Gasteiger partial charge in [0.05, 0.1) is 6.04 Å². The van der Waals surface area contributed by atoms with Gasteiger partial charge in [-0.05, 0) is 6.08 Å². The number of hydrogen-bond acceptors (Lipinski definition) is 1. The summed E-state index contributed by atoms with van der Waals surface area (Å²) in [5.41, 5.74) is 0.128. The molecular weight excluding hydrogens is 134 g/mol. The highest BCUT2D eigenvalue weighted by molar-refractivity contribution is 5.73. The van der Waals surface area contributed by atoms with Crippen molar-refractivity contribution in [3.8, 4) is 0 Å². The van der Waals surface area contributed by atoms with Gasteiger partial charge >= 0.3 is 0 Å². The van der Waals surface area contributed by atoms with E-state index >= 15 is 0 Å². The van der Waals surface area contributed by atoms with E-state index in [1.165, 1.54) is 0 Å². The van der Waals surface area contributed by atoms with Crippen LogP contribution in [0.2, 0.25) is 0 Å². The molecule has 0 N–H and O–H groups in total. The van der Waals surface area contributed by atoms with E-state index in [1.807, 2.05) is 12.3 Å². The Morgan fingerprint density at radius 3 is 2.82 bits per heavy atom. The first-order valence-corrected chi connectivity index (χ1v) is 3.88. The minimum absolute atomic E-state index is 0.128. The van der Waals surface area contributed by atoms with Crippen LogP contribution < -0.4 is 0 Å². The Hall–Kier alpha value is -1.11. The maximum Gasteiger partial charge on any atom is 0.0805 e. The number of aliphatic imine (C=N–C) groups is 1. The summed E-state index contributed by atoms with van der Waals surface area (Å²) < 4.78 is 0. The van der Waals surface area contributed by atoms with Crippen LogP contribution in [0.1, 0.15) is 6.92 Å². The Balaban J connectivity index is 2.40. The van der Waals surface area contributed by atoms with E-state index in [9.17, 15) is 0 Å². The molecule has 1 heterocycles. The second-order valence-electron chi connectivity index (χ2n) is 3.21. The molecule has 1 aliphatic carbocycles. The lowest BCUT2D eigenvalue weighted by Gasteiger charge is -2.31. The highest BCUT2D eigenvalue weighted by Gasteiger charge is 2.29. The lowest BCUT2D eigenvalue weighted by molar-refractivity contribution is 0.479. The molecule has 1 aliphatic heterocycles. The summed E-state index contributed by atoms with van der Waals surface area (Å²) >= 11 is 0. The topological polar surface area (TPSA) is 12.4 Å². The van der Waals surface area contributed by atoms with Crippen LogP contribution in [0.4, 0.5) is 0 Å². The fraction of sp³-hybridized carbons (Fsp3) is 0.300. The molecule has 0 amide bonds. The predicted octanol–water partition coefficient (Wildman–Crippen LogP) is 2.13. The second-order valence-corrected chi connectivity index (χ2v) is 3.21. The summed E-state index contributed by atoms with van der Waals surface area (Å²) in [6, 6.07) is 0.317. The first kappa shape index (κ1) is 6.59. The number of hydrogen-bond donors (Lipinski definition) is 0. The molecular formula is C10H11N. The van der Waals surface area contributed by atoms with Gasteiger partial charge in [0.1, 0.15) is 0 Å². The maximum absolute atomic E-state index is 4.37. The second kappa shape index (κ2) is 2.19. The zero-order valence-electron chi connectivity index (χ0n) is 6.57. The van der Waals surface area contributed by atoms with Crippen molar-refractivity contribution in [1.82, 2.24) is 0 Å². The Morgan fingerprint density at radius 1 is 1.18 bits per heavy atom. The van der Waals surface area contributed by atoms with Gasteiger partial charge in [0.25, 0.3) is 0 Å². The number of rotatable bonds is 0. The lowest BCUT2D eigenvalue weighted by atomic mass is 9.78. The Morgan fingerprint density at radius 2 is 2.00 bits per heavy atom. The van der Waals surface area contributed by atoms with E-state index in [-0.39, 0.29) is 5.41 Å². The molecule has 0 bridgehead atoms. The molecule has 11 heavy (non-hydrogen) atoms. The molecule has 0 fully saturated rings. The van der Waals surface area contributed by atoms with Crippen LogP contribution in [0, 0.1) is 5.41 Å². The van der Waals surface area contributed by atoms with Crippen LogP contribution in [-0.4, -0.2) is 12.3 Å². The van der Waals surface area contributed by atoms with Crippen molar-refractivity contribution >= 4 is 6.21 Å². The van der Waals surface area contributed by atoms with Crippen LogP contribution in [0.5, 0.6) is 0 Å². The van der Waals surface area contributed by atoms with Gasteiger partial charge in [-0.3, -0.25) is 4.99 Å². The van der Waals surface area contributed by atoms with Crippen LogP contribution >= 0.6 is 0 Å². The minimum atomic E-state index is 0.128. The summed E-state index contributed by atoms with van der Waals surface area (Å²) in [4.78, 5) is 4.37. The van der Waals surface area contributed by atoms with Crippen molar-refractivity contribution in [3.63, 3.8) is 0 Å². The number of fused-ring (bicyclic) bond motifs is 1. The smallest absolute Gasteiger partial charge is 0.0805 e. The van der Waals surface area contributed by atoms with Gasteiger partial charge in [-0.15, -0.1) is 0 Å². The van der Waals surface area contributed by atoms with Gasteiger partial charge in [-0.25, -0.2) is 0 Å². The van der Waals surface area contributed by atoms with Gasteiger partial charge in [-0.1, -0.05) is 37.3 Å². The fourth-order valence-electron chi connectivity index (χ4n) is 1.50. The molecule has 0 radical (unpaired) electrons. The SMILES string of the molecule is C[C@@]12C=CC=CC1N=CC=C2. The zero-order chi connectivity index (χ0) is 7.73. The fourth-order valence-corrected chi connectivity index (χ4v) is 1.50. The van der Waals surface area contributed by atoms with Crippen LogP contribution in [-0.2, 0) is 0 Å². The van der Waals surface area contributed by atoms with Gasteiger partial charge in [0, 0.05) is 11.6 Å². The Labute approximate surface area is 66.8 Å². The van der Waals surface area contributed by atoms with E-state index in [4.69, 9.17) is 0 Å². The first-order valence-electron chi connectivity index (χ1n) is 3.88. The molecule has 56 valence electrons. The summed E-state index contributed by atoms with van der Waals surface area (Å²) in [6.45, 7) is 2.20. The van der Waals surface area contributed by atoms with E-state index in [2.05, 4.69) is 42.3 Å². The average Bonchev–Trinajstić information content (AvgIpc) is 2.03. The molecule has 0 saturated heterocycles. The van der Waals surface area contributed by atoms with Crippen molar-refractivity contribution in [2.45, 2.75) is 13.0 Å². The molecule has 1 nitrogen and oxygen atoms in total. The van der Waals surface area contributed by atoms with Crippen LogP contribution in [0.25, 0.3) is 0 Å². The van der Waals surface area contributed by atoms with Crippen LogP contribution in [0.15, 0.2) is 41.4 Å². The predicted molar refractivity (Wildman–Crippen MR) is 47.8 cm³/mol. The largest absolute Gasteiger partial charge is 0.284 e. The lowest BCUT2D eigenvalue weighted by Crippen LogP contribution is -2.28. The van der Waals surface area contributed by atoms with Crippen molar-refractivity contribution < 1.29 is 0 Å². The minimum Gasteiger partial charge on any atom is -0.284 e. The molecule has 2 atom stereocenters. The summed E-state index contributed by atoms with van der Waals surface area (Å²) in [7, 11) is 0. The molecule has 2 aliphatic rings. The van der Waals surface area contributed by atoms with E-state index in [0.717, 1.165) is 0 Å². The Kier molecular flexibility index (Phi) is 1.31. The molecule has 0 aromatic heterocycles. The quantitative estimate of drug-likeness (QED) is 0.495. The third kappa shape index (κ3) is 0.967. The number of allylic oxidation sites excluding steroid dienone is 3. The molecule has 0 spiro atoms. The average molecular weight is 145 g/mol. The molecule has 1 unspecified atom stereocenters. The molecule has 0 aromatic carbocycles.